The number of rotatable bonds is 4. The third-order valence-electron chi connectivity index (χ3n) is 3.09. The van der Waals surface area contributed by atoms with Crippen LogP contribution in [0, 0.1) is 11.3 Å². The van der Waals surface area contributed by atoms with Gasteiger partial charge in [-0.1, -0.05) is 13.0 Å². The molecule has 106 valence electrons. The van der Waals surface area contributed by atoms with Gasteiger partial charge in [0.05, 0.1) is 11.3 Å². The van der Waals surface area contributed by atoms with E-state index in [1.165, 1.54) is 0 Å². The van der Waals surface area contributed by atoms with Crippen LogP contribution in [-0.2, 0) is 0 Å². The predicted octanol–water partition coefficient (Wildman–Crippen LogP) is 4.14. The quantitative estimate of drug-likeness (QED) is 0.860. The van der Waals surface area contributed by atoms with Crippen molar-refractivity contribution >= 4 is 23.1 Å². The molecule has 5 heteroatoms. The first kappa shape index (κ1) is 13.7. The van der Waals surface area contributed by atoms with E-state index < -0.39 is 0 Å². The molecule has 0 saturated carbocycles. The molecule has 4 nitrogen and oxygen atoms in total. The molecule has 0 saturated heterocycles. The van der Waals surface area contributed by atoms with E-state index in [-0.39, 0.29) is 6.79 Å². The van der Waals surface area contributed by atoms with Crippen molar-refractivity contribution in [2.24, 2.45) is 0 Å². The number of thioether (sulfide) groups is 1. The molecule has 1 aliphatic heterocycles. The molecular weight excluding hydrogens is 284 g/mol. The van der Waals surface area contributed by atoms with Crippen LogP contribution in [0.3, 0.4) is 0 Å². The second kappa shape index (κ2) is 5.98. The Morgan fingerprint density at radius 2 is 2.10 bits per heavy atom. The molecule has 0 amide bonds. The SMILES string of the molecule is CCSc1cccc(Nc2ccc3c(c2)OCO3)c1C#N. The number of hydrogen-bond donors (Lipinski definition) is 1. The van der Waals surface area contributed by atoms with E-state index >= 15 is 0 Å². The van der Waals surface area contributed by atoms with E-state index in [0.717, 1.165) is 33.5 Å². The highest BCUT2D eigenvalue weighted by Crippen LogP contribution is 2.36. The number of hydrogen-bond acceptors (Lipinski definition) is 5. The van der Waals surface area contributed by atoms with Gasteiger partial charge in [0, 0.05) is 16.6 Å². The minimum absolute atomic E-state index is 0.255. The predicted molar refractivity (Wildman–Crippen MR) is 83.4 cm³/mol. The lowest BCUT2D eigenvalue weighted by molar-refractivity contribution is 0.174. The van der Waals surface area contributed by atoms with E-state index in [1.54, 1.807) is 11.8 Å². The lowest BCUT2D eigenvalue weighted by Crippen LogP contribution is -1.95. The molecule has 0 atom stereocenters. The van der Waals surface area contributed by atoms with Crippen LogP contribution in [0.1, 0.15) is 12.5 Å². The van der Waals surface area contributed by atoms with Crippen LogP contribution in [0.5, 0.6) is 11.5 Å². The Hall–Kier alpha value is -2.32. The van der Waals surface area contributed by atoms with Crippen LogP contribution in [-0.4, -0.2) is 12.5 Å². The van der Waals surface area contributed by atoms with Gasteiger partial charge < -0.3 is 14.8 Å². The van der Waals surface area contributed by atoms with Gasteiger partial charge in [-0.15, -0.1) is 11.8 Å². The fourth-order valence-electron chi connectivity index (χ4n) is 2.16. The number of fused-ring (bicyclic) bond motifs is 1. The topological polar surface area (TPSA) is 54.3 Å². The zero-order valence-corrected chi connectivity index (χ0v) is 12.4. The third kappa shape index (κ3) is 2.76. The highest BCUT2D eigenvalue weighted by molar-refractivity contribution is 7.99. The summed E-state index contributed by atoms with van der Waals surface area (Å²) in [6.07, 6.45) is 0. The van der Waals surface area contributed by atoms with Gasteiger partial charge in [0.1, 0.15) is 6.07 Å². The van der Waals surface area contributed by atoms with Crippen LogP contribution in [0.4, 0.5) is 11.4 Å². The molecule has 2 aromatic carbocycles. The summed E-state index contributed by atoms with van der Waals surface area (Å²) in [5.74, 6) is 2.40. The second-order valence-corrected chi connectivity index (χ2v) is 5.72. The number of ether oxygens (including phenoxy) is 2. The molecule has 0 aliphatic carbocycles. The monoisotopic (exact) mass is 298 g/mol. The van der Waals surface area contributed by atoms with Gasteiger partial charge in [0.15, 0.2) is 11.5 Å². The van der Waals surface area contributed by atoms with Gasteiger partial charge in [0.2, 0.25) is 6.79 Å². The summed E-state index contributed by atoms with van der Waals surface area (Å²) in [5.41, 5.74) is 2.34. The minimum Gasteiger partial charge on any atom is -0.454 e. The lowest BCUT2D eigenvalue weighted by Gasteiger charge is -2.11. The second-order valence-electron chi connectivity index (χ2n) is 4.42. The molecule has 1 N–H and O–H groups in total. The largest absolute Gasteiger partial charge is 0.454 e. The van der Waals surface area contributed by atoms with Crippen molar-refractivity contribution in [2.45, 2.75) is 11.8 Å². The highest BCUT2D eigenvalue weighted by Gasteiger charge is 2.14. The fraction of sp³-hybridized carbons (Fsp3) is 0.188. The zero-order valence-electron chi connectivity index (χ0n) is 11.6. The van der Waals surface area contributed by atoms with Crippen LogP contribution >= 0.6 is 11.8 Å². The number of nitrogens with one attached hydrogen (secondary N) is 1. The summed E-state index contributed by atoms with van der Waals surface area (Å²) in [5, 5.41) is 12.7. The molecule has 1 aliphatic rings. The maximum atomic E-state index is 9.41. The summed E-state index contributed by atoms with van der Waals surface area (Å²) in [6.45, 7) is 2.33. The molecule has 2 aromatic rings. The van der Waals surface area contributed by atoms with Crippen molar-refractivity contribution in [3.8, 4) is 17.6 Å². The van der Waals surface area contributed by atoms with Gasteiger partial charge >= 0.3 is 0 Å². The summed E-state index contributed by atoms with van der Waals surface area (Å²) in [6, 6.07) is 13.8. The van der Waals surface area contributed by atoms with Crippen LogP contribution in [0.2, 0.25) is 0 Å². The van der Waals surface area contributed by atoms with Gasteiger partial charge in [-0.3, -0.25) is 0 Å². The number of nitriles is 1. The van der Waals surface area contributed by atoms with Gasteiger partial charge in [0.25, 0.3) is 0 Å². The highest BCUT2D eigenvalue weighted by atomic mass is 32.2. The maximum Gasteiger partial charge on any atom is 0.231 e. The summed E-state index contributed by atoms with van der Waals surface area (Å²) < 4.78 is 10.7. The fourth-order valence-corrected chi connectivity index (χ4v) is 2.94. The number of benzene rings is 2. The van der Waals surface area contributed by atoms with Crippen molar-refractivity contribution in [2.75, 3.05) is 17.9 Å². The number of anilines is 2. The van der Waals surface area contributed by atoms with E-state index in [9.17, 15) is 5.26 Å². The van der Waals surface area contributed by atoms with Crippen LogP contribution in [0.25, 0.3) is 0 Å². The Balaban J connectivity index is 1.91. The normalized spacial score (nSPS) is 12.0. The van der Waals surface area contributed by atoms with Crippen molar-refractivity contribution in [3.05, 3.63) is 42.0 Å². The Morgan fingerprint density at radius 1 is 1.24 bits per heavy atom. The van der Waals surface area contributed by atoms with Crippen molar-refractivity contribution in [1.29, 1.82) is 5.26 Å². The van der Waals surface area contributed by atoms with E-state index in [2.05, 4.69) is 18.3 Å². The number of nitrogens with zero attached hydrogens (tertiary/aromatic N) is 1. The molecule has 0 radical (unpaired) electrons. The molecule has 0 fully saturated rings. The Kier molecular flexibility index (Phi) is 3.89. The molecular formula is C16H14N2O2S. The smallest absolute Gasteiger partial charge is 0.231 e. The Bertz CT molecular complexity index is 710. The zero-order chi connectivity index (χ0) is 14.7. The van der Waals surface area contributed by atoms with Crippen LogP contribution < -0.4 is 14.8 Å². The van der Waals surface area contributed by atoms with Crippen molar-refractivity contribution < 1.29 is 9.47 Å². The van der Waals surface area contributed by atoms with Crippen LogP contribution in [0.15, 0.2) is 41.3 Å². The molecule has 0 unspecified atom stereocenters. The van der Waals surface area contributed by atoms with E-state index in [4.69, 9.17) is 9.47 Å². The van der Waals surface area contributed by atoms with Gasteiger partial charge in [-0.2, -0.15) is 5.26 Å². The first-order valence-corrected chi connectivity index (χ1v) is 7.63. The molecule has 3 rings (SSSR count). The van der Waals surface area contributed by atoms with Crippen molar-refractivity contribution in [3.63, 3.8) is 0 Å². The summed E-state index contributed by atoms with van der Waals surface area (Å²) >= 11 is 1.66. The average molecular weight is 298 g/mol. The first-order chi connectivity index (χ1) is 10.3. The van der Waals surface area contributed by atoms with E-state index in [1.807, 2.05) is 36.4 Å². The molecule has 0 aromatic heterocycles. The Morgan fingerprint density at radius 3 is 2.90 bits per heavy atom. The maximum absolute atomic E-state index is 9.41. The lowest BCUT2D eigenvalue weighted by atomic mass is 10.2. The average Bonchev–Trinajstić information content (AvgIpc) is 2.95. The molecule has 21 heavy (non-hydrogen) atoms. The summed E-state index contributed by atoms with van der Waals surface area (Å²) in [7, 11) is 0. The molecule has 0 bridgehead atoms. The van der Waals surface area contributed by atoms with E-state index in [0.29, 0.717) is 5.56 Å². The third-order valence-corrected chi connectivity index (χ3v) is 4.03. The standard InChI is InChI=1S/C16H14N2O2S/c1-2-21-16-5-3-4-13(12(16)9-17)18-11-6-7-14-15(8-11)20-10-19-14/h3-8,18H,2,10H2,1H3. The molecule has 1 heterocycles. The van der Waals surface area contributed by atoms with Gasteiger partial charge in [-0.25, -0.2) is 0 Å². The molecule has 0 spiro atoms. The van der Waals surface area contributed by atoms with Crippen molar-refractivity contribution in [1.82, 2.24) is 0 Å². The summed E-state index contributed by atoms with van der Waals surface area (Å²) in [4.78, 5) is 0.991. The minimum atomic E-state index is 0.255. The Labute approximate surface area is 127 Å². The van der Waals surface area contributed by atoms with Gasteiger partial charge in [-0.05, 0) is 30.0 Å². The first-order valence-electron chi connectivity index (χ1n) is 6.64.